The lowest BCUT2D eigenvalue weighted by molar-refractivity contribution is -0.149. The van der Waals surface area contributed by atoms with Crippen molar-refractivity contribution in [2.75, 3.05) is 0 Å². The lowest BCUT2D eigenvalue weighted by atomic mass is 10.1. The van der Waals surface area contributed by atoms with Crippen molar-refractivity contribution in [3.63, 3.8) is 0 Å². The maximum atomic E-state index is 10.7. The number of carbonyl (C=O) groups is 1. The fraction of sp³-hybridized carbons (Fsp3) is 0.417. The van der Waals surface area contributed by atoms with Crippen molar-refractivity contribution >= 4 is 5.97 Å². The molecule has 0 unspecified atom stereocenters. The summed E-state index contributed by atoms with van der Waals surface area (Å²) in [4.78, 5) is 10.7. The summed E-state index contributed by atoms with van der Waals surface area (Å²) in [5.74, 6) is -0.842. The molecule has 0 aliphatic carbocycles. The van der Waals surface area contributed by atoms with Crippen molar-refractivity contribution in [3.05, 3.63) is 35.9 Å². The molecule has 0 spiro atoms. The second-order valence-corrected chi connectivity index (χ2v) is 3.85. The van der Waals surface area contributed by atoms with Crippen molar-refractivity contribution in [2.45, 2.75) is 31.5 Å². The average molecular weight is 206 g/mol. The summed E-state index contributed by atoms with van der Waals surface area (Å²) < 4.78 is 5.43. The van der Waals surface area contributed by atoms with Crippen LogP contribution in [0.1, 0.15) is 18.4 Å². The topological polar surface area (TPSA) is 46.5 Å². The van der Waals surface area contributed by atoms with Gasteiger partial charge in [0, 0.05) is 0 Å². The molecule has 0 saturated carbocycles. The van der Waals surface area contributed by atoms with Crippen molar-refractivity contribution in [1.29, 1.82) is 0 Å². The van der Waals surface area contributed by atoms with Gasteiger partial charge in [-0.2, -0.15) is 0 Å². The van der Waals surface area contributed by atoms with Crippen LogP contribution in [-0.4, -0.2) is 23.3 Å². The minimum atomic E-state index is -0.842. The monoisotopic (exact) mass is 206 g/mol. The summed E-state index contributed by atoms with van der Waals surface area (Å²) in [5, 5.41) is 8.77. The molecule has 1 aromatic carbocycles. The zero-order valence-electron chi connectivity index (χ0n) is 8.43. The van der Waals surface area contributed by atoms with Crippen LogP contribution in [0, 0.1) is 0 Å². The maximum absolute atomic E-state index is 10.7. The molecular formula is C12H14O3. The summed E-state index contributed by atoms with van der Waals surface area (Å²) >= 11 is 0. The van der Waals surface area contributed by atoms with Gasteiger partial charge in [-0.15, -0.1) is 0 Å². The molecule has 0 radical (unpaired) electrons. The molecule has 2 atom stereocenters. The molecule has 1 N–H and O–H groups in total. The summed E-state index contributed by atoms with van der Waals surface area (Å²) in [7, 11) is 0. The summed E-state index contributed by atoms with van der Waals surface area (Å²) in [6.07, 6.45) is 1.75. The molecule has 3 heteroatoms. The van der Waals surface area contributed by atoms with Crippen LogP contribution in [0.15, 0.2) is 30.3 Å². The Balaban J connectivity index is 1.90. The van der Waals surface area contributed by atoms with E-state index in [1.807, 2.05) is 30.3 Å². The lowest BCUT2D eigenvalue weighted by Crippen LogP contribution is -2.21. The van der Waals surface area contributed by atoms with Crippen LogP contribution in [0.3, 0.4) is 0 Å². The first kappa shape index (κ1) is 10.2. The zero-order valence-corrected chi connectivity index (χ0v) is 8.43. The highest BCUT2D eigenvalue weighted by Gasteiger charge is 2.30. The van der Waals surface area contributed by atoms with Gasteiger partial charge in [0.2, 0.25) is 0 Å². The lowest BCUT2D eigenvalue weighted by Gasteiger charge is -2.10. The van der Waals surface area contributed by atoms with Gasteiger partial charge in [0.25, 0.3) is 0 Å². The number of hydrogen-bond donors (Lipinski definition) is 1. The molecule has 80 valence electrons. The minimum absolute atomic E-state index is 0.0634. The van der Waals surface area contributed by atoms with Gasteiger partial charge in [0.15, 0.2) is 6.10 Å². The van der Waals surface area contributed by atoms with Gasteiger partial charge in [-0.1, -0.05) is 30.3 Å². The Bertz CT molecular complexity index is 334. The van der Waals surface area contributed by atoms with E-state index in [1.165, 1.54) is 5.56 Å². The Kier molecular flexibility index (Phi) is 3.02. The zero-order chi connectivity index (χ0) is 10.7. The summed E-state index contributed by atoms with van der Waals surface area (Å²) in [6.45, 7) is 0. The Hall–Kier alpha value is -1.35. The van der Waals surface area contributed by atoms with Crippen LogP contribution in [0.5, 0.6) is 0 Å². The van der Waals surface area contributed by atoms with E-state index in [-0.39, 0.29) is 6.10 Å². The number of rotatable bonds is 3. The molecule has 1 heterocycles. The van der Waals surface area contributed by atoms with Gasteiger partial charge in [0.05, 0.1) is 6.10 Å². The maximum Gasteiger partial charge on any atom is 0.332 e. The number of ether oxygens (including phenoxy) is 1. The molecule has 1 saturated heterocycles. The molecule has 3 nitrogen and oxygen atoms in total. The number of hydrogen-bond acceptors (Lipinski definition) is 2. The van der Waals surface area contributed by atoms with E-state index < -0.39 is 12.1 Å². The summed E-state index contributed by atoms with van der Waals surface area (Å²) in [6, 6.07) is 10.0. The largest absolute Gasteiger partial charge is 0.479 e. The molecule has 0 amide bonds. The van der Waals surface area contributed by atoms with Gasteiger partial charge in [-0.25, -0.2) is 4.79 Å². The second kappa shape index (κ2) is 4.45. The number of carboxylic acid groups (broad SMARTS) is 1. The Morgan fingerprint density at radius 2 is 2.07 bits per heavy atom. The highest BCUT2D eigenvalue weighted by molar-refractivity contribution is 5.72. The van der Waals surface area contributed by atoms with Gasteiger partial charge < -0.3 is 9.84 Å². The normalized spacial score (nSPS) is 25.3. The molecule has 0 aromatic heterocycles. The number of benzene rings is 1. The highest BCUT2D eigenvalue weighted by atomic mass is 16.5. The Morgan fingerprint density at radius 3 is 2.67 bits per heavy atom. The van der Waals surface area contributed by atoms with Crippen LogP contribution in [-0.2, 0) is 16.0 Å². The van der Waals surface area contributed by atoms with Crippen molar-refractivity contribution in [1.82, 2.24) is 0 Å². The molecule has 2 rings (SSSR count). The first-order valence-electron chi connectivity index (χ1n) is 5.18. The molecule has 1 fully saturated rings. The third kappa shape index (κ3) is 2.57. The molecule has 1 aromatic rings. The third-order valence-electron chi connectivity index (χ3n) is 2.69. The number of aliphatic carboxylic acids is 1. The standard InChI is InChI=1S/C12H14O3/c13-12(14)11-7-6-10(15-11)8-9-4-2-1-3-5-9/h1-5,10-11H,6-8H2,(H,13,14)/t10-,11+/m1/s1. The quantitative estimate of drug-likeness (QED) is 0.821. The predicted octanol–water partition coefficient (Wildman–Crippen LogP) is 1.86. The van der Waals surface area contributed by atoms with Crippen LogP contribution in [0.25, 0.3) is 0 Å². The van der Waals surface area contributed by atoms with E-state index >= 15 is 0 Å². The molecule has 15 heavy (non-hydrogen) atoms. The molecule has 1 aliphatic heterocycles. The van der Waals surface area contributed by atoms with E-state index in [0.29, 0.717) is 6.42 Å². The van der Waals surface area contributed by atoms with Crippen molar-refractivity contribution in [2.24, 2.45) is 0 Å². The van der Waals surface area contributed by atoms with Crippen molar-refractivity contribution in [3.8, 4) is 0 Å². The van der Waals surface area contributed by atoms with Crippen LogP contribution < -0.4 is 0 Å². The van der Waals surface area contributed by atoms with Gasteiger partial charge in [-0.05, 0) is 24.8 Å². The average Bonchev–Trinajstić information content (AvgIpc) is 2.68. The fourth-order valence-electron chi connectivity index (χ4n) is 1.91. The smallest absolute Gasteiger partial charge is 0.332 e. The van der Waals surface area contributed by atoms with Crippen LogP contribution >= 0.6 is 0 Å². The summed E-state index contributed by atoms with van der Waals surface area (Å²) in [5.41, 5.74) is 1.20. The molecule has 0 bridgehead atoms. The minimum Gasteiger partial charge on any atom is -0.479 e. The molecular weight excluding hydrogens is 192 g/mol. The van der Waals surface area contributed by atoms with E-state index in [4.69, 9.17) is 9.84 Å². The van der Waals surface area contributed by atoms with E-state index in [1.54, 1.807) is 0 Å². The van der Waals surface area contributed by atoms with E-state index in [2.05, 4.69) is 0 Å². The number of carboxylic acids is 1. The second-order valence-electron chi connectivity index (χ2n) is 3.85. The third-order valence-corrected chi connectivity index (χ3v) is 2.69. The van der Waals surface area contributed by atoms with Crippen LogP contribution in [0.4, 0.5) is 0 Å². The van der Waals surface area contributed by atoms with E-state index in [0.717, 1.165) is 12.8 Å². The fourth-order valence-corrected chi connectivity index (χ4v) is 1.91. The SMILES string of the molecule is O=C(O)[C@@H]1CC[C@H](Cc2ccccc2)O1. The Morgan fingerprint density at radius 1 is 1.33 bits per heavy atom. The van der Waals surface area contributed by atoms with Gasteiger partial charge in [0.1, 0.15) is 0 Å². The first-order valence-corrected chi connectivity index (χ1v) is 5.18. The first-order chi connectivity index (χ1) is 7.25. The van der Waals surface area contributed by atoms with Gasteiger partial charge in [-0.3, -0.25) is 0 Å². The predicted molar refractivity (Wildman–Crippen MR) is 55.7 cm³/mol. The Labute approximate surface area is 88.7 Å². The van der Waals surface area contributed by atoms with E-state index in [9.17, 15) is 4.79 Å². The highest BCUT2D eigenvalue weighted by Crippen LogP contribution is 2.22. The van der Waals surface area contributed by atoms with Crippen LogP contribution in [0.2, 0.25) is 0 Å². The van der Waals surface area contributed by atoms with Crippen molar-refractivity contribution < 1.29 is 14.6 Å². The van der Waals surface area contributed by atoms with Gasteiger partial charge >= 0.3 is 5.97 Å². The molecule has 1 aliphatic rings.